The van der Waals surface area contributed by atoms with Crippen molar-refractivity contribution < 1.29 is 17.9 Å². The standard InChI is InChI=1S/C13H16F3NO/c1-18-11-7-3-2-5-9(11)12-10(13(14,15)16)6-4-8-17-12/h2-3,5,7,10,12,17H,4,6,8H2,1H3. The van der Waals surface area contributed by atoms with Crippen molar-refractivity contribution in [1.29, 1.82) is 0 Å². The summed E-state index contributed by atoms with van der Waals surface area (Å²) in [5.74, 6) is -0.839. The van der Waals surface area contributed by atoms with Gasteiger partial charge in [-0.3, -0.25) is 0 Å². The molecule has 0 saturated carbocycles. The van der Waals surface area contributed by atoms with E-state index in [0.29, 0.717) is 24.3 Å². The highest BCUT2D eigenvalue weighted by Crippen LogP contribution is 2.43. The molecule has 0 amide bonds. The summed E-state index contributed by atoms with van der Waals surface area (Å²) in [5.41, 5.74) is 0.585. The molecule has 1 saturated heterocycles. The number of rotatable bonds is 2. The van der Waals surface area contributed by atoms with Crippen LogP contribution in [0.5, 0.6) is 5.75 Å². The number of benzene rings is 1. The number of nitrogens with one attached hydrogen (secondary N) is 1. The number of methoxy groups -OCH3 is 1. The Bertz CT molecular complexity index is 405. The zero-order valence-electron chi connectivity index (χ0n) is 10.1. The van der Waals surface area contributed by atoms with Crippen molar-refractivity contribution in [1.82, 2.24) is 5.32 Å². The number of hydrogen-bond acceptors (Lipinski definition) is 2. The van der Waals surface area contributed by atoms with Gasteiger partial charge in [-0.25, -0.2) is 0 Å². The van der Waals surface area contributed by atoms with Crippen molar-refractivity contribution in [2.75, 3.05) is 13.7 Å². The molecule has 0 bridgehead atoms. The Morgan fingerprint density at radius 2 is 2.00 bits per heavy atom. The zero-order chi connectivity index (χ0) is 13.2. The minimum atomic E-state index is -4.18. The Kier molecular flexibility index (Phi) is 3.80. The number of ether oxygens (including phenoxy) is 1. The lowest BCUT2D eigenvalue weighted by atomic mass is 9.85. The Balaban J connectivity index is 2.34. The van der Waals surface area contributed by atoms with Crippen LogP contribution < -0.4 is 10.1 Å². The van der Waals surface area contributed by atoms with Gasteiger partial charge >= 0.3 is 6.18 Å². The predicted octanol–water partition coefficient (Wildman–Crippen LogP) is 3.30. The fraction of sp³-hybridized carbons (Fsp3) is 0.538. The Morgan fingerprint density at radius 1 is 1.28 bits per heavy atom. The molecule has 2 rings (SSSR count). The molecule has 5 heteroatoms. The van der Waals surface area contributed by atoms with Gasteiger partial charge in [0.05, 0.1) is 13.0 Å². The quantitative estimate of drug-likeness (QED) is 0.880. The predicted molar refractivity (Wildman–Crippen MR) is 62.5 cm³/mol. The maximum Gasteiger partial charge on any atom is 0.393 e. The maximum atomic E-state index is 13.0. The summed E-state index contributed by atoms with van der Waals surface area (Å²) in [6, 6.07) is 6.17. The van der Waals surface area contributed by atoms with E-state index < -0.39 is 18.1 Å². The average molecular weight is 259 g/mol. The molecule has 0 aliphatic carbocycles. The zero-order valence-corrected chi connectivity index (χ0v) is 10.1. The van der Waals surface area contributed by atoms with Crippen LogP contribution in [0, 0.1) is 5.92 Å². The summed E-state index contributed by atoms with van der Waals surface area (Å²) in [5, 5.41) is 2.97. The highest BCUT2D eigenvalue weighted by Gasteiger charge is 2.46. The van der Waals surface area contributed by atoms with Crippen LogP contribution >= 0.6 is 0 Å². The fourth-order valence-electron chi connectivity index (χ4n) is 2.49. The molecule has 1 N–H and O–H groups in total. The lowest BCUT2D eigenvalue weighted by molar-refractivity contribution is -0.189. The second-order valence-electron chi connectivity index (χ2n) is 4.46. The van der Waals surface area contributed by atoms with E-state index in [1.165, 1.54) is 7.11 Å². The van der Waals surface area contributed by atoms with E-state index in [1.807, 2.05) is 0 Å². The molecule has 1 aliphatic heterocycles. The normalized spacial score (nSPS) is 24.9. The second kappa shape index (κ2) is 5.18. The Hall–Kier alpha value is -1.23. The number of hydrogen-bond donors (Lipinski definition) is 1. The van der Waals surface area contributed by atoms with Crippen LogP contribution in [0.25, 0.3) is 0 Å². The van der Waals surface area contributed by atoms with Gasteiger partial charge in [-0.2, -0.15) is 13.2 Å². The average Bonchev–Trinajstić information content (AvgIpc) is 2.37. The third-order valence-corrected chi connectivity index (χ3v) is 3.35. The monoisotopic (exact) mass is 259 g/mol. The largest absolute Gasteiger partial charge is 0.496 e. The first kappa shape index (κ1) is 13.2. The van der Waals surface area contributed by atoms with E-state index in [-0.39, 0.29) is 6.42 Å². The summed E-state index contributed by atoms with van der Waals surface area (Å²) in [6.45, 7) is 0.606. The molecule has 1 heterocycles. The molecule has 18 heavy (non-hydrogen) atoms. The minimum absolute atomic E-state index is 0.166. The smallest absolute Gasteiger partial charge is 0.393 e. The highest BCUT2D eigenvalue weighted by molar-refractivity contribution is 5.36. The summed E-state index contributed by atoms with van der Waals surface area (Å²) in [6.07, 6.45) is -3.46. The number of para-hydroxylation sites is 1. The molecular weight excluding hydrogens is 243 g/mol. The van der Waals surface area contributed by atoms with E-state index in [2.05, 4.69) is 5.32 Å². The van der Waals surface area contributed by atoms with E-state index in [0.717, 1.165) is 0 Å². The van der Waals surface area contributed by atoms with Gasteiger partial charge in [-0.05, 0) is 25.5 Å². The highest BCUT2D eigenvalue weighted by atomic mass is 19.4. The van der Waals surface area contributed by atoms with Gasteiger partial charge in [0.1, 0.15) is 5.75 Å². The minimum Gasteiger partial charge on any atom is -0.496 e. The van der Waals surface area contributed by atoms with E-state index in [9.17, 15) is 13.2 Å². The molecule has 1 aromatic carbocycles. The van der Waals surface area contributed by atoms with Crippen molar-refractivity contribution in [3.05, 3.63) is 29.8 Å². The SMILES string of the molecule is COc1ccccc1C1NCCCC1C(F)(F)F. The lowest BCUT2D eigenvalue weighted by Crippen LogP contribution is -2.41. The first-order valence-electron chi connectivity index (χ1n) is 5.97. The van der Waals surface area contributed by atoms with Crippen molar-refractivity contribution >= 4 is 0 Å². The van der Waals surface area contributed by atoms with E-state index >= 15 is 0 Å². The van der Waals surface area contributed by atoms with Crippen LogP contribution in [-0.2, 0) is 0 Å². The fourth-order valence-corrected chi connectivity index (χ4v) is 2.49. The maximum absolute atomic E-state index is 13.0. The molecule has 2 atom stereocenters. The lowest BCUT2D eigenvalue weighted by Gasteiger charge is -2.34. The molecule has 2 unspecified atom stereocenters. The third kappa shape index (κ3) is 2.61. The molecule has 0 aromatic heterocycles. The molecule has 1 aromatic rings. The molecular formula is C13H16F3NO. The summed E-state index contributed by atoms with van der Waals surface area (Å²) in [7, 11) is 1.48. The van der Waals surface area contributed by atoms with Crippen LogP contribution in [0.15, 0.2) is 24.3 Å². The number of halogens is 3. The van der Waals surface area contributed by atoms with Gasteiger partial charge in [0.2, 0.25) is 0 Å². The molecule has 100 valence electrons. The van der Waals surface area contributed by atoms with Gasteiger partial charge in [0, 0.05) is 11.6 Å². The molecule has 0 spiro atoms. The van der Waals surface area contributed by atoms with Gasteiger partial charge in [-0.15, -0.1) is 0 Å². The van der Waals surface area contributed by atoms with Crippen LogP contribution in [0.3, 0.4) is 0 Å². The summed E-state index contributed by atoms with van der Waals surface area (Å²) in [4.78, 5) is 0. The third-order valence-electron chi connectivity index (χ3n) is 3.35. The Labute approximate surface area is 104 Å². The van der Waals surface area contributed by atoms with Crippen LogP contribution in [0.4, 0.5) is 13.2 Å². The second-order valence-corrected chi connectivity index (χ2v) is 4.46. The molecule has 1 aliphatic rings. The van der Waals surface area contributed by atoms with Crippen molar-refractivity contribution in [3.63, 3.8) is 0 Å². The van der Waals surface area contributed by atoms with Gasteiger partial charge < -0.3 is 10.1 Å². The van der Waals surface area contributed by atoms with Gasteiger partial charge in [-0.1, -0.05) is 18.2 Å². The molecule has 2 nitrogen and oxygen atoms in total. The van der Waals surface area contributed by atoms with Crippen molar-refractivity contribution in [2.45, 2.75) is 25.1 Å². The molecule has 0 radical (unpaired) electrons. The number of alkyl halides is 3. The van der Waals surface area contributed by atoms with E-state index in [4.69, 9.17) is 4.74 Å². The Morgan fingerprint density at radius 3 is 2.67 bits per heavy atom. The van der Waals surface area contributed by atoms with Crippen molar-refractivity contribution in [2.24, 2.45) is 5.92 Å². The van der Waals surface area contributed by atoms with Gasteiger partial charge in [0.25, 0.3) is 0 Å². The topological polar surface area (TPSA) is 21.3 Å². The van der Waals surface area contributed by atoms with Crippen LogP contribution in [-0.4, -0.2) is 19.8 Å². The van der Waals surface area contributed by atoms with Crippen LogP contribution in [0.1, 0.15) is 24.4 Å². The van der Waals surface area contributed by atoms with Crippen molar-refractivity contribution in [3.8, 4) is 5.75 Å². The van der Waals surface area contributed by atoms with Gasteiger partial charge in [0.15, 0.2) is 0 Å². The summed E-state index contributed by atoms with van der Waals surface area (Å²) >= 11 is 0. The first-order chi connectivity index (χ1) is 8.54. The molecule has 1 fully saturated rings. The first-order valence-corrected chi connectivity index (χ1v) is 5.97. The van der Waals surface area contributed by atoms with E-state index in [1.54, 1.807) is 24.3 Å². The summed E-state index contributed by atoms with van der Waals surface area (Å²) < 4.78 is 44.2. The number of piperidine rings is 1. The van der Waals surface area contributed by atoms with Crippen LogP contribution in [0.2, 0.25) is 0 Å².